The molecule has 0 fully saturated rings. The Morgan fingerprint density at radius 1 is 0.316 bits per heavy atom. The third-order valence-corrected chi connectivity index (χ3v) is 12.2. The highest BCUT2D eigenvalue weighted by Gasteiger charge is 2.17. The number of fused-ring (bicyclic) bond motifs is 6. The Balaban J connectivity index is 0.986. The van der Waals surface area contributed by atoms with Crippen molar-refractivity contribution in [1.82, 2.24) is 0 Å². The Labute approximate surface area is 335 Å². The van der Waals surface area contributed by atoms with Gasteiger partial charge in [0.15, 0.2) is 0 Å². The molecule has 0 aliphatic heterocycles. The van der Waals surface area contributed by atoms with Crippen molar-refractivity contribution in [2.24, 2.45) is 0 Å². The Hall–Kier alpha value is -7.20. The fourth-order valence-electron chi connectivity index (χ4n) is 8.22. The number of nitrogens with zero attached hydrogens (tertiary/aromatic N) is 1. The van der Waals surface area contributed by atoms with E-state index in [1.165, 1.54) is 42.4 Å². The van der Waals surface area contributed by atoms with Crippen LogP contribution < -0.4 is 4.90 Å². The zero-order valence-electron chi connectivity index (χ0n) is 31.0. The topological polar surface area (TPSA) is 16.4 Å². The van der Waals surface area contributed by atoms with Crippen LogP contribution in [0.3, 0.4) is 0 Å². The van der Waals surface area contributed by atoms with E-state index in [-0.39, 0.29) is 0 Å². The smallest absolute Gasteiger partial charge is 0.143 e. The maximum absolute atomic E-state index is 6.48. The molecule has 9 aromatic carbocycles. The molecule has 2 heterocycles. The van der Waals surface area contributed by atoms with Crippen molar-refractivity contribution in [2.45, 2.75) is 0 Å². The summed E-state index contributed by atoms with van der Waals surface area (Å²) >= 11 is 1.86. The molecule has 0 aliphatic carbocycles. The first-order chi connectivity index (χ1) is 28.2. The highest BCUT2D eigenvalue weighted by Crippen LogP contribution is 2.43. The summed E-state index contributed by atoms with van der Waals surface area (Å²) in [4.78, 5) is 2.37. The SMILES string of the molecule is c1ccc(-c2ccc(N(c3ccc(-c4ccc5oc6c(-c7ccccc7)cccc6c5c4)cc3)c3ccc4c(c3)sc3cc(-c5ccccc5)ccc34)cc2)cc1. The summed E-state index contributed by atoms with van der Waals surface area (Å²) in [6.45, 7) is 0. The van der Waals surface area contributed by atoms with Gasteiger partial charge in [-0.05, 0) is 93.5 Å². The predicted octanol–water partition coefficient (Wildman–Crippen LogP) is 16.1. The first kappa shape index (κ1) is 33.2. The molecule has 0 unspecified atom stereocenters. The quantitative estimate of drug-likeness (QED) is 0.162. The summed E-state index contributed by atoms with van der Waals surface area (Å²) in [5, 5.41) is 4.83. The summed E-state index contributed by atoms with van der Waals surface area (Å²) in [6, 6.07) is 76.3. The van der Waals surface area contributed by atoms with Crippen LogP contribution in [0.4, 0.5) is 17.1 Å². The van der Waals surface area contributed by atoms with E-state index >= 15 is 0 Å². The first-order valence-corrected chi connectivity index (χ1v) is 20.1. The molecular weight excluding hydrogens is 711 g/mol. The van der Waals surface area contributed by atoms with Gasteiger partial charge in [-0.3, -0.25) is 0 Å². The summed E-state index contributed by atoms with van der Waals surface area (Å²) in [7, 11) is 0. The molecule has 0 amide bonds. The normalized spacial score (nSPS) is 11.5. The highest BCUT2D eigenvalue weighted by atomic mass is 32.1. The highest BCUT2D eigenvalue weighted by molar-refractivity contribution is 7.25. The number of rotatable bonds is 7. The van der Waals surface area contributed by atoms with Gasteiger partial charge in [0.05, 0.1) is 0 Å². The molecule has 0 N–H and O–H groups in total. The third-order valence-electron chi connectivity index (χ3n) is 11.1. The van der Waals surface area contributed by atoms with Gasteiger partial charge in [0.2, 0.25) is 0 Å². The molecule has 3 heteroatoms. The fourth-order valence-corrected chi connectivity index (χ4v) is 9.40. The zero-order valence-corrected chi connectivity index (χ0v) is 31.8. The van der Waals surface area contributed by atoms with E-state index in [9.17, 15) is 0 Å². The molecule has 0 spiro atoms. The molecule has 0 bridgehead atoms. The second-order valence-corrected chi connectivity index (χ2v) is 15.6. The maximum Gasteiger partial charge on any atom is 0.143 e. The van der Waals surface area contributed by atoms with Crippen LogP contribution in [0.5, 0.6) is 0 Å². The van der Waals surface area contributed by atoms with E-state index in [0.717, 1.165) is 61.3 Å². The minimum absolute atomic E-state index is 0.895. The van der Waals surface area contributed by atoms with Crippen molar-refractivity contribution in [3.8, 4) is 44.5 Å². The summed E-state index contributed by atoms with van der Waals surface area (Å²) in [5.74, 6) is 0. The standard InChI is InChI=1S/C54H35NOS/c1-4-11-36(12-5-1)38-19-25-43(26-20-38)55(45-29-31-48-47-30-23-42(37-13-6-2-7-14-37)34-52(47)57-53(48)35-45)44-27-21-39(22-28-44)41-24-32-51-50(33-41)49-18-10-17-46(54(49)56-51)40-15-8-3-9-16-40/h1-35H. The number of para-hydroxylation sites is 1. The first-order valence-electron chi connectivity index (χ1n) is 19.3. The van der Waals surface area contributed by atoms with Crippen molar-refractivity contribution >= 4 is 70.5 Å². The number of thiophene rings is 1. The molecule has 2 aromatic heterocycles. The molecule has 11 rings (SSSR count). The van der Waals surface area contributed by atoms with Gasteiger partial charge in [-0.1, -0.05) is 158 Å². The second-order valence-electron chi connectivity index (χ2n) is 14.5. The minimum Gasteiger partial charge on any atom is -0.455 e. The van der Waals surface area contributed by atoms with Gasteiger partial charge >= 0.3 is 0 Å². The van der Waals surface area contributed by atoms with Crippen molar-refractivity contribution in [3.05, 3.63) is 212 Å². The minimum atomic E-state index is 0.895. The number of furan rings is 1. The lowest BCUT2D eigenvalue weighted by molar-refractivity contribution is 0.670. The van der Waals surface area contributed by atoms with E-state index in [0.29, 0.717) is 0 Å². The van der Waals surface area contributed by atoms with Crippen LogP contribution in [0.15, 0.2) is 217 Å². The molecular formula is C54H35NOS. The third kappa shape index (κ3) is 5.97. The number of hydrogen-bond acceptors (Lipinski definition) is 3. The Morgan fingerprint density at radius 2 is 0.807 bits per heavy atom. The van der Waals surface area contributed by atoms with Crippen LogP contribution in [0.2, 0.25) is 0 Å². The number of benzene rings is 9. The van der Waals surface area contributed by atoms with E-state index < -0.39 is 0 Å². The maximum atomic E-state index is 6.48. The van der Waals surface area contributed by atoms with E-state index in [1.54, 1.807) is 0 Å². The van der Waals surface area contributed by atoms with Crippen LogP contribution in [0.25, 0.3) is 86.6 Å². The Bertz CT molecular complexity index is 3200. The van der Waals surface area contributed by atoms with Crippen LogP contribution in [0, 0.1) is 0 Å². The van der Waals surface area contributed by atoms with Gasteiger partial charge in [-0.25, -0.2) is 0 Å². The van der Waals surface area contributed by atoms with E-state index in [4.69, 9.17) is 4.42 Å². The second kappa shape index (κ2) is 13.8. The average molecular weight is 746 g/mol. The molecule has 0 radical (unpaired) electrons. The lowest BCUT2D eigenvalue weighted by Gasteiger charge is -2.26. The van der Waals surface area contributed by atoms with E-state index in [1.807, 2.05) is 17.4 Å². The molecule has 0 saturated carbocycles. The van der Waals surface area contributed by atoms with Crippen molar-refractivity contribution in [1.29, 1.82) is 0 Å². The Kier molecular flexibility index (Phi) is 8.04. The number of hydrogen-bond donors (Lipinski definition) is 0. The molecule has 0 aliphatic rings. The van der Waals surface area contributed by atoms with Crippen molar-refractivity contribution in [3.63, 3.8) is 0 Å². The van der Waals surface area contributed by atoms with Crippen LogP contribution >= 0.6 is 11.3 Å². The van der Waals surface area contributed by atoms with Gasteiger partial charge in [0.1, 0.15) is 11.2 Å². The lowest BCUT2D eigenvalue weighted by atomic mass is 10.00. The van der Waals surface area contributed by atoms with Crippen LogP contribution in [-0.4, -0.2) is 0 Å². The molecule has 0 atom stereocenters. The molecule has 0 saturated heterocycles. The van der Waals surface area contributed by atoms with Gasteiger partial charge < -0.3 is 9.32 Å². The van der Waals surface area contributed by atoms with Gasteiger partial charge in [-0.2, -0.15) is 0 Å². The van der Waals surface area contributed by atoms with Crippen LogP contribution in [0.1, 0.15) is 0 Å². The fraction of sp³-hybridized carbons (Fsp3) is 0. The largest absolute Gasteiger partial charge is 0.455 e. The van der Waals surface area contributed by atoms with E-state index in [2.05, 4.69) is 211 Å². The van der Waals surface area contributed by atoms with Crippen molar-refractivity contribution < 1.29 is 4.42 Å². The van der Waals surface area contributed by atoms with Gasteiger partial charge in [-0.15, -0.1) is 11.3 Å². The number of anilines is 3. The average Bonchev–Trinajstić information content (AvgIpc) is 3.85. The molecule has 11 aromatic rings. The van der Waals surface area contributed by atoms with Crippen molar-refractivity contribution in [2.75, 3.05) is 4.90 Å². The summed E-state index contributed by atoms with van der Waals surface area (Å²) in [5.41, 5.74) is 14.6. The Morgan fingerprint density at radius 3 is 1.47 bits per heavy atom. The predicted molar refractivity (Wildman–Crippen MR) is 243 cm³/mol. The lowest BCUT2D eigenvalue weighted by Crippen LogP contribution is -2.09. The molecule has 268 valence electrons. The monoisotopic (exact) mass is 745 g/mol. The van der Waals surface area contributed by atoms with Gasteiger partial charge in [0, 0.05) is 53.6 Å². The summed E-state index contributed by atoms with van der Waals surface area (Å²) in [6.07, 6.45) is 0. The van der Waals surface area contributed by atoms with Crippen LogP contribution in [-0.2, 0) is 0 Å². The molecule has 57 heavy (non-hydrogen) atoms. The van der Waals surface area contributed by atoms with Gasteiger partial charge in [0.25, 0.3) is 0 Å². The summed E-state index contributed by atoms with van der Waals surface area (Å²) < 4.78 is 9.05. The molecule has 2 nitrogen and oxygen atoms in total. The zero-order chi connectivity index (χ0) is 37.7.